The number of unbranched alkanes of at least 4 members (excludes halogenated alkanes) is 3. The number of aliphatic hydroxyl groups excluding tert-OH is 12. The second-order valence-electron chi connectivity index (χ2n) is 21.4. The van der Waals surface area contributed by atoms with Crippen LogP contribution in [-0.4, -0.2) is 303 Å². The fourth-order valence-electron chi connectivity index (χ4n) is 9.32. The van der Waals surface area contributed by atoms with E-state index in [1.165, 1.54) is 6.92 Å². The molecule has 0 aromatic rings. The predicted molar refractivity (Wildman–Crippen MR) is 293 cm³/mol. The van der Waals surface area contributed by atoms with Crippen LogP contribution in [0.25, 0.3) is 0 Å². The summed E-state index contributed by atoms with van der Waals surface area (Å²) in [5, 5.41) is 133. The lowest BCUT2D eigenvalue weighted by atomic mass is 9.99. The quantitative estimate of drug-likeness (QED) is 0.0252. The number of rotatable bonds is 43. The van der Waals surface area contributed by atoms with Gasteiger partial charge in [0.1, 0.15) is 79.0 Å². The van der Waals surface area contributed by atoms with E-state index in [9.17, 15) is 99.6 Å². The highest BCUT2D eigenvalue weighted by Gasteiger charge is 2.46. The molecule has 0 aromatic carbocycles. The van der Waals surface area contributed by atoms with Crippen LogP contribution in [0.4, 0.5) is 0 Å². The lowest BCUT2D eigenvalue weighted by Gasteiger charge is -2.39. The number of nitrogens with zero attached hydrogens (tertiary/aromatic N) is 1. The number of hydrogen-bond acceptors (Lipinski definition) is 28. The van der Waals surface area contributed by atoms with Crippen LogP contribution in [0, 0.1) is 0 Å². The van der Waals surface area contributed by atoms with Gasteiger partial charge in [0.05, 0.1) is 77.9 Å². The summed E-state index contributed by atoms with van der Waals surface area (Å²) in [5.74, 6) is -4.14. The molecule has 19 N–H and O–H groups in total. The van der Waals surface area contributed by atoms with Gasteiger partial charge < -0.3 is 122 Å². The second-order valence-corrected chi connectivity index (χ2v) is 21.4. The van der Waals surface area contributed by atoms with E-state index in [1.54, 1.807) is 0 Å². The molecule has 496 valence electrons. The first-order valence-electron chi connectivity index (χ1n) is 29.1. The number of ketones is 3. The van der Waals surface area contributed by atoms with E-state index in [4.69, 9.17) is 34.2 Å². The van der Waals surface area contributed by atoms with Gasteiger partial charge in [0.25, 0.3) is 0 Å². The largest absolute Gasteiger partial charge is 0.394 e. The lowest BCUT2D eigenvalue weighted by molar-refractivity contribution is -0.301. The number of nitrogens with two attached hydrogens (primary N) is 1. The zero-order valence-corrected chi connectivity index (χ0v) is 48.5. The van der Waals surface area contributed by atoms with Crippen molar-refractivity contribution in [2.45, 2.75) is 201 Å². The maximum atomic E-state index is 13.6. The number of carbonyl (C=O) groups excluding carboxylic acids is 8. The van der Waals surface area contributed by atoms with Crippen LogP contribution < -0.4 is 32.3 Å². The van der Waals surface area contributed by atoms with Crippen LogP contribution in [0.3, 0.4) is 0 Å². The van der Waals surface area contributed by atoms with E-state index in [-0.39, 0.29) is 95.5 Å². The Morgan fingerprint density at radius 1 is 0.453 bits per heavy atom. The van der Waals surface area contributed by atoms with Crippen LogP contribution >= 0.6 is 0 Å². The highest BCUT2D eigenvalue weighted by atomic mass is 16.7. The molecule has 3 fully saturated rings. The van der Waals surface area contributed by atoms with Crippen molar-refractivity contribution < 1.29 is 128 Å². The monoisotopic (exact) mass is 1240 g/mol. The maximum absolute atomic E-state index is 13.6. The molecule has 3 rings (SSSR count). The molecule has 33 heteroatoms. The summed E-state index contributed by atoms with van der Waals surface area (Å²) in [6.45, 7) is -3.42. The molecule has 5 amide bonds. The van der Waals surface area contributed by atoms with Crippen molar-refractivity contribution in [3.8, 4) is 0 Å². The first kappa shape index (κ1) is 75.8. The van der Waals surface area contributed by atoms with E-state index in [2.05, 4.69) is 26.6 Å². The third-order valence-electron chi connectivity index (χ3n) is 14.4. The Bertz CT molecular complexity index is 2010. The van der Waals surface area contributed by atoms with Crippen molar-refractivity contribution in [1.82, 2.24) is 31.5 Å². The van der Waals surface area contributed by atoms with Gasteiger partial charge in [-0.1, -0.05) is 0 Å². The standard InChI is InChI=1S/C53H93N7O26/c1-29(64)31(11-4-6-16-54)58-38(68)15-3-2-14-37(67)55-17-7-5-12-32(33(66)13-9-20-82-52-49(79)46(76)43(73)35(27-62)85-52)59-39(69)22-57-41(71)25-60(23-30(65)10-8-19-81-51-48(78)45(75)42(72)34(26-61)84-51)24-40(70)56-18-21-83-53-50(80)47(77)44(74)36(28-63)86-53/h31-32,34-36,42-53,61-63,72-80H,2-28,54H2,1H3,(H,55,67)(H,56,70)(H,57,71)(H,58,68)(H,59,69)/t31-,32-,34+,35+,36+,42+,43+,44+,45-,46-,47-,48-,49-,50-,51-,52-,53-/m0/s1. The van der Waals surface area contributed by atoms with Crippen LogP contribution in [0.5, 0.6) is 0 Å². The van der Waals surface area contributed by atoms with Gasteiger partial charge in [-0.2, -0.15) is 0 Å². The van der Waals surface area contributed by atoms with E-state index < -0.39 is 179 Å². The van der Waals surface area contributed by atoms with Crippen LogP contribution in [0.2, 0.25) is 0 Å². The number of hydrogen-bond donors (Lipinski definition) is 18. The summed E-state index contributed by atoms with van der Waals surface area (Å²) in [6.07, 6.45) is -20.0. The molecule has 0 aliphatic carbocycles. The number of nitrogens with one attached hydrogen (secondary N) is 5. The van der Waals surface area contributed by atoms with Gasteiger partial charge >= 0.3 is 0 Å². The molecule has 0 aromatic heterocycles. The molecule has 3 aliphatic heterocycles. The molecule has 0 unspecified atom stereocenters. The first-order chi connectivity index (χ1) is 41.0. The van der Waals surface area contributed by atoms with E-state index >= 15 is 0 Å². The summed E-state index contributed by atoms with van der Waals surface area (Å²) >= 11 is 0. The van der Waals surface area contributed by atoms with Crippen molar-refractivity contribution in [2.75, 3.05) is 85.5 Å². The van der Waals surface area contributed by atoms with Crippen LogP contribution in [-0.2, 0) is 66.8 Å². The molecule has 86 heavy (non-hydrogen) atoms. The van der Waals surface area contributed by atoms with Gasteiger partial charge in [-0.25, -0.2) is 0 Å². The molecular formula is C53H93N7O26. The van der Waals surface area contributed by atoms with Gasteiger partial charge in [-0.05, 0) is 77.7 Å². The minimum Gasteiger partial charge on any atom is -0.394 e. The minimum atomic E-state index is -1.72. The van der Waals surface area contributed by atoms with Crippen molar-refractivity contribution >= 4 is 46.9 Å². The number of aliphatic hydroxyl groups is 12. The van der Waals surface area contributed by atoms with Gasteiger partial charge in [-0.15, -0.1) is 0 Å². The number of Topliss-reactive ketones (excluding diaryl/α,β-unsaturated/α-hetero) is 3. The Labute approximate surface area is 497 Å². The third kappa shape index (κ3) is 26.7. The van der Waals surface area contributed by atoms with Crippen LogP contribution in [0.15, 0.2) is 0 Å². The Morgan fingerprint density at radius 2 is 0.895 bits per heavy atom. The summed E-state index contributed by atoms with van der Waals surface area (Å²) in [5.41, 5.74) is 5.52. The number of carbonyl (C=O) groups is 8. The van der Waals surface area contributed by atoms with E-state index in [0.717, 1.165) is 11.3 Å². The molecule has 0 bridgehead atoms. The zero-order chi connectivity index (χ0) is 63.9. The highest BCUT2D eigenvalue weighted by molar-refractivity contribution is 5.92. The second kappa shape index (κ2) is 41.0. The maximum Gasteiger partial charge on any atom is 0.239 e. The van der Waals surface area contributed by atoms with Gasteiger partial charge in [0, 0.05) is 38.8 Å². The van der Waals surface area contributed by atoms with Crippen LogP contribution in [0.1, 0.15) is 96.8 Å². The van der Waals surface area contributed by atoms with Crippen molar-refractivity contribution in [3.05, 3.63) is 0 Å². The summed E-state index contributed by atoms with van der Waals surface area (Å²) in [7, 11) is 0. The van der Waals surface area contributed by atoms with Gasteiger partial charge in [0.2, 0.25) is 29.5 Å². The molecule has 17 atom stereocenters. The molecule has 3 heterocycles. The summed E-state index contributed by atoms with van der Waals surface area (Å²) in [6, 6.07) is -1.74. The Morgan fingerprint density at radius 3 is 1.40 bits per heavy atom. The molecule has 0 radical (unpaired) electrons. The third-order valence-corrected chi connectivity index (χ3v) is 14.4. The molecular weight excluding hydrogens is 1150 g/mol. The normalized spacial score (nSPS) is 28.2. The summed E-state index contributed by atoms with van der Waals surface area (Å²) in [4.78, 5) is 105. The van der Waals surface area contributed by atoms with Crippen molar-refractivity contribution in [2.24, 2.45) is 5.73 Å². The SMILES string of the molecule is CC(=O)[C@H](CCCCN)NC(=O)CCCCC(=O)NCCCC[C@H](NC(=O)CNC(=O)CN(CC(=O)CCCO[C@H]1O[C@H](CO)[C@@H](O)[C@H](O)[C@@H]1O)CC(=O)NCCO[C@H]1O[C@H](CO)[C@@H](O)[C@H](O)[C@@H]1O)C(=O)CCCO[C@H]1O[C@H](CO)[C@@H](O)[C@H](O)[C@@H]1O. The lowest BCUT2D eigenvalue weighted by Crippen LogP contribution is -2.59. The Balaban J connectivity index is 1.59. The average molecular weight is 1240 g/mol. The minimum absolute atomic E-state index is 0.000574. The molecule has 3 saturated heterocycles. The molecule has 33 nitrogen and oxygen atoms in total. The topological polar surface area (TPSA) is 524 Å². The zero-order valence-electron chi connectivity index (χ0n) is 48.5. The molecule has 0 saturated carbocycles. The van der Waals surface area contributed by atoms with E-state index in [1.807, 2.05) is 0 Å². The average Bonchev–Trinajstić information content (AvgIpc) is 3.69. The smallest absolute Gasteiger partial charge is 0.239 e. The first-order valence-corrected chi connectivity index (χ1v) is 29.1. The molecule has 0 spiro atoms. The number of ether oxygens (including phenoxy) is 6. The predicted octanol–water partition coefficient (Wildman–Crippen LogP) is -8.80. The van der Waals surface area contributed by atoms with Crippen molar-refractivity contribution in [1.29, 1.82) is 0 Å². The van der Waals surface area contributed by atoms with Gasteiger partial charge in [0.15, 0.2) is 30.4 Å². The van der Waals surface area contributed by atoms with E-state index in [0.29, 0.717) is 45.1 Å². The molecule has 3 aliphatic rings. The fraction of sp³-hybridized carbons (Fsp3) is 0.849. The Hall–Kier alpha value is -4.44. The van der Waals surface area contributed by atoms with Gasteiger partial charge in [-0.3, -0.25) is 43.3 Å². The van der Waals surface area contributed by atoms with Crippen molar-refractivity contribution in [3.63, 3.8) is 0 Å². The fourth-order valence-corrected chi connectivity index (χ4v) is 9.32. The Kier molecular flexibility index (Phi) is 36.1. The summed E-state index contributed by atoms with van der Waals surface area (Å²) < 4.78 is 32.3. The number of amides is 5. The highest BCUT2D eigenvalue weighted by Crippen LogP contribution is 2.25.